The van der Waals surface area contributed by atoms with Crippen LogP contribution in [0, 0.1) is 29.1 Å². The molecule has 0 bridgehead atoms. The highest BCUT2D eigenvalue weighted by atomic mass is 16.3. The van der Waals surface area contributed by atoms with E-state index in [1.165, 1.54) is 19.3 Å². The molecular formula is C27H41N3O3. The van der Waals surface area contributed by atoms with Crippen LogP contribution in [0.4, 0.5) is 0 Å². The zero-order valence-corrected chi connectivity index (χ0v) is 20.4. The zero-order valence-electron chi connectivity index (χ0n) is 20.4. The van der Waals surface area contributed by atoms with Crippen molar-refractivity contribution in [2.75, 3.05) is 0 Å². The fourth-order valence-corrected chi connectivity index (χ4v) is 7.01. The average molecular weight is 456 g/mol. The third kappa shape index (κ3) is 5.11. The molecule has 4 rings (SSSR count). The van der Waals surface area contributed by atoms with E-state index in [4.69, 9.17) is 0 Å². The third-order valence-electron chi connectivity index (χ3n) is 9.11. The Bertz CT molecular complexity index is 825. The van der Waals surface area contributed by atoms with Crippen LogP contribution in [0.1, 0.15) is 89.0 Å². The highest BCUT2D eigenvalue weighted by Crippen LogP contribution is 2.55. The van der Waals surface area contributed by atoms with Gasteiger partial charge >= 0.3 is 0 Å². The van der Waals surface area contributed by atoms with Gasteiger partial charge in [0.1, 0.15) is 5.69 Å². The van der Waals surface area contributed by atoms with E-state index in [0.717, 1.165) is 38.5 Å². The summed E-state index contributed by atoms with van der Waals surface area (Å²) in [6.07, 6.45) is 10.7. The van der Waals surface area contributed by atoms with Gasteiger partial charge in [-0.25, -0.2) is 0 Å². The quantitative estimate of drug-likeness (QED) is 0.624. The zero-order chi connectivity index (χ0) is 23.6. The number of carbonyl (C=O) groups is 2. The minimum atomic E-state index is -0.541. The monoisotopic (exact) mass is 455 g/mol. The molecule has 3 fully saturated rings. The van der Waals surface area contributed by atoms with Gasteiger partial charge in [-0.1, -0.05) is 46.1 Å². The van der Waals surface area contributed by atoms with Gasteiger partial charge in [-0.2, -0.15) is 0 Å². The molecule has 6 nitrogen and oxygen atoms in total. The van der Waals surface area contributed by atoms with E-state index in [-0.39, 0.29) is 46.9 Å². The second-order valence-corrected chi connectivity index (χ2v) is 11.2. The van der Waals surface area contributed by atoms with E-state index in [0.29, 0.717) is 11.7 Å². The molecule has 7 atom stereocenters. The molecular weight excluding hydrogens is 414 g/mol. The Balaban J connectivity index is 1.43. The van der Waals surface area contributed by atoms with Gasteiger partial charge in [0.05, 0.1) is 6.10 Å². The number of aromatic nitrogens is 1. The number of hydrogen-bond acceptors (Lipinski definition) is 4. The summed E-state index contributed by atoms with van der Waals surface area (Å²) in [5.74, 6) is -0.121. The molecule has 0 spiro atoms. The lowest BCUT2D eigenvalue weighted by atomic mass is 9.51. The number of amides is 2. The molecule has 2 amide bonds. The minimum absolute atomic E-state index is 0.00245. The summed E-state index contributed by atoms with van der Waals surface area (Å²) in [7, 11) is 0. The van der Waals surface area contributed by atoms with Crippen molar-refractivity contribution in [3.63, 3.8) is 0 Å². The largest absolute Gasteiger partial charge is 0.392 e. The fourth-order valence-electron chi connectivity index (χ4n) is 7.01. The van der Waals surface area contributed by atoms with Gasteiger partial charge < -0.3 is 15.7 Å². The second-order valence-electron chi connectivity index (χ2n) is 11.2. The molecule has 0 saturated heterocycles. The van der Waals surface area contributed by atoms with E-state index in [1.807, 2.05) is 13.0 Å². The molecule has 1 aromatic rings. The number of fused-ring (bicyclic) bond motifs is 1. The molecule has 0 unspecified atom stereocenters. The summed E-state index contributed by atoms with van der Waals surface area (Å²) in [5.41, 5.74) is 0.467. The van der Waals surface area contributed by atoms with Crippen molar-refractivity contribution >= 4 is 11.8 Å². The number of hydrogen-bond donors (Lipinski definition) is 3. The first-order valence-corrected chi connectivity index (χ1v) is 13.0. The van der Waals surface area contributed by atoms with Gasteiger partial charge in [0.15, 0.2) is 0 Å². The maximum atomic E-state index is 13.1. The summed E-state index contributed by atoms with van der Waals surface area (Å²) >= 11 is 0. The summed E-state index contributed by atoms with van der Waals surface area (Å²) in [6, 6.07) is 5.64. The topological polar surface area (TPSA) is 91.3 Å². The van der Waals surface area contributed by atoms with Crippen molar-refractivity contribution in [1.29, 1.82) is 0 Å². The molecule has 3 aliphatic carbocycles. The lowest BCUT2D eigenvalue weighted by Crippen LogP contribution is -2.58. The van der Waals surface area contributed by atoms with Gasteiger partial charge in [-0.05, 0) is 73.8 Å². The Labute approximate surface area is 198 Å². The van der Waals surface area contributed by atoms with Crippen LogP contribution in [0.25, 0.3) is 0 Å². The highest BCUT2D eigenvalue weighted by molar-refractivity contribution is 5.92. The Morgan fingerprint density at radius 1 is 1.09 bits per heavy atom. The van der Waals surface area contributed by atoms with Crippen LogP contribution >= 0.6 is 0 Å². The van der Waals surface area contributed by atoms with Gasteiger partial charge in [0.2, 0.25) is 5.91 Å². The normalized spacial score (nSPS) is 35.8. The van der Waals surface area contributed by atoms with Gasteiger partial charge in [0.25, 0.3) is 5.91 Å². The summed E-state index contributed by atoms with van der Waals surface area (Å²) < 4.78 is 0. The van der Waals surface area contributed by atoms with Crippen LogP contribution in [0.3, 0.4) is 0 Å². The lowest BCUT2D eigenvalue weighted by molar-refractivity contribution is -0.142. The summed E-state index contributed by atoms with van der Waals surface area (Å²) in [5, 5.41) is 18.0. The number of aliphatic hydroxyl groups is 1. The Hall–Kier alpha value is -1.95. The first-order chi connectivity index (χ1) is 15.8. The Morgan fingerprint density at radius 2 is 1.82 bits per heavy atom. The summed E-state index contributed by atoms with van der Waals surface area (Å²) in [4.78, 5) is 30.0. The molecule has 0 aromatic carbocycles. The van der Waals surface area contributed by atoms with Crippen molar-refractivity contribution in [2.45, 2.75) is 96.7 Å². The SMILES string of the molecule is C[C@H]1[C@@H]2[C@@H](O)[C@H]([C@H](C)C(=O)NC3CCCCC3)CC[C@@]2(C)CC[C@@H]1NC(=O)c1ccccn1. The minimum Gasteiger partial charge on any atom is -0.392 e. The Morgan fingerprint density at radius 3 is 2.52 bits per heavy atom. The maximum Gasteiger partial charge on any atom is 0.270 e. The molecule has 3 N–H and O–H groups in total. The van der Waals surface area contributed by atoms with Crippen molar-refractivity contribution in [3.8, 4) is 0 Å². The van der Waals surface area contributed by atoms with E-state index in [2.05, 4.69) is 29.5 Å². The van der Waals surface area contributed by atoms with Crippen molar-refractivity contribution in [1.82, 2.24) is 15.6 Å². The summed E-state index contributed by atoms with van der Waals surface area (Å²) in [6.45, 7) is 6.43. The van der Waals surface area contributed by atoms with Crippen LogP contribution < -0.4 is 10.6 Å². The number of carbonyl (C=O) groups excluding carboxylic acids is 2. The smallest absolute Gasteiger partial charge is 0.270 e. The van der Waals surface area contributed by atoms with E-state index in [9.17, 15) is 14.7 Å². The van der Waals surface area contributed by atoms with E-state index >= 15 is 0 Å². The first-order valence-electron chi connectivity index (χ1n) is 13.0. The number of pyridine rings is 1. The molecule has 33 heavy (non-hydrogen) atoms. The molecule has 1 heterocycles. The Kier molecular flexibility index (Phi) is 7.42. The molecule has 1 aromatic heterocycles. The van der Waals surface area contributed by atoms with Crippen LogP contribution in [0.15, 0.2) is 24.4 Å². The number of nitrogens with one attached hydrogen (secondary N) is 2. The van der Waals surface area contributed by atoms with Gasteiger partial charge in [-0.15, -0.1) is 0 Å². The van der Waals surface area contributed by atoms with Gasteiger partial charge in [0, 0.05) is 24.2 Å². The van der Waals surface area contributed by atoms with Crippen molar-refractivity contribution in [2.24, 2.45) is 29.1 Å². The van der Waals surface area contributed by atoms with E-state index in [1.54, 1.807) is 18.3 Å². The predicted octanol–water partition coefficient (Wildman–Crippen LogP) is 4.09. The maximum absolute atomic E-state index is 13.1. The molecule has 3 saturated carbocycles. The molecule has 0 radical (unpaired) electrons. The van der Waals surface area contributed by atoms with Crippen molar-refractivity contribution < 1.29 is 14.7 Å². The molecule has 182 valence electrons. The predicted molar refractivity (Wildman–Crippen MR) is 128 cm³/mol. The highest BCUT2D eigenvalue weighted by Gasteiger charge is 2.54. The van der Waals surface area contributed by atoms with Crippen LogP contribution in [0.2, 0.25) is 0 Å². The molecule has 6 heteroatoms. The standard InChI is InChI=1S/C27H41N3O3/c1-17(25(32)29-19-9-5-4-6-10-19)20-12-14-27(3)15-13-21(18(2)23(27)24(20)31)30-26(33)22-11-7-8-16-28-22/h7-8,11,16-21,23-24,31H,4-6,9-10,12-15H2,1-3H3,(H,29,32)(H,30,33)/t17-,18+,20-,21-,23+,24-,27-/m0/s1. The first kappa shape index (κ1) is 24.2. The van der Waals surface area contributed by atoms with Gasteiger partial charge in [-0.3, -0.25) is 14.6 Å². The van der Waals surface area contributed by atoms with Crippen LogP contribution in [-0.4, -0.2) is 40.1 Å². The lowest BCUT2D eigenvalue weighted by Gasteiger charge is -2.56. The van der Waals surface area contributed by atoms with E-state index < -0.39 is 6.10 Å². The van der Waals surface area contributed by atoms with Crippen LogP contribution in [0.5, 0.6) is 0 Å². The number of rotatable bonds is 5. The number of nitrogens with zero attached hydrogens (tertiary/aromatic N) is 1. The van der Waals surface area contributed by atoms with Crippen LogP contribution in [-0.2, 0) is 4.79 Å². The fraction of sp³-hybridized carbons (Fsp3) is 0.741. The molecule has 0 aliphatic heterocycles. The number of aliphatic hydroxyl groups excluding tert-OH is 1. The third-order valence-corrected chi connectivity index (χ3v) is 9.11. The van der Waals surface area contributed by atoms with Crippen molar-refractivity contribution in [3.05, 3.63) is 30.1 Å². The second kappa shape index (κ2) is 10.1. The average Bonchev–Trinajstić information content (AvgIpc) is 2.82. The molecule has 3 aliphatic rings.